The van der Waals surface area contributed by atoms with E-state index in [4.69, 9.17) is 5.11 Å². The summed E-state index contributed by atoms with van der Waals surface area (Å²) < 4.78 is 1.44. The van der Waals surface area contributed by atoms with Gasteiger partial charge in [0.2, 0.25) is 0 Å². The van der Waals surface area contributed by atoms with Crippen molar-refractivity contribution in [2.45, 2.75) is 10.9 Å². The molecule has 6 nitrogen and oxygen atoms in total. The zero-order valence-electron chi connectivity index (χ0n) is 10.7. The standard InChI is InChI=1S/C13H13N3O3S/c1-16-12(19)14-15-13(16)20-8-10-4-2-3-9(7-10)5-6-11(17)18/h2-7H,8H2,1H3,(H,14,19)(H,17,18). The highest BCUT2D eigenvalue weighted by molar-refractivity contribution is 7.98. The first-order valence-electron chi connectivity index (χ1n) is 5.80. The van der Waals surface area contributed by atoms with Gasteiger partial charge >= 0.3 is 11.7 Å². The lowest BCUT2D eigenvalue weighted by Gasteiger charge is -2.02. The summed E-state index contributed by atoms with van der Waals surface area (Å²) in [4.78, 5) is 21.7. The maximum atomic E-state index is 11.2. The molecule has 0 spiro atoms. The van der Waals surface area contributed by atoms with Gasteiger partial charge in [-0.3, -0.25) is 4.57 Å². The summed E-state index contributed by atoms with van der Waals surface area (Å²) >= 11 is 1.43. The van der Waals surface area contributed by atoms with Gasteiger partial charge in [0.05, 0.1) is 0 Å². The van der Waals surface area contributed by atoms with Crippen molar-refractivity contribution < 1.29 is 9.90 Å². The molecule has 0 aliphatic carbocycles. The number of carbonyl (C=O) groups is 1. The van der Waals surface area contributed by atoms with Gasteiger partial charge in [-0.2, -0.15) is 0 Å². The van der Waals surface area contributed by atoms with E-state index >= 15 is 0 Å². The van der Waals surface area contributed by atoms with E-state index in [0.717, 1.165) is 17.2 Å². The number of nitrogens with zero attached hydrogens (tertiary/aromatic N) is 2. The van der Waals surface area contributed by atoms with Crippen molar-refractivity contribution in [3.8, 4) is 0 Å². The second kappa shape index (κ2) is 6.25. The molecule has 0 aliphatic heterocycles. The SMILES string of the molecule is Cn1c(SCc2cccc(C=CC(=O)O)c2)n[nH]c1=O. The van der Waals surface area contributed by atoms with Gasteiger partial charge in [-0.05, 0) is 17.2 Å². The van der Waals surface area contributed by atoms with Crippen LogP contribution < -0.4 is 5.69 Å². The van der Waals surface area contributed by atoms with Gasteiger partial charge < -0.3 is 5.11 Å². The lowest BCUT2D eigenvalue weighted by molar-refractivity contribution is -0.131. The predicted octanol–water partition coefficient (Wildman–Crippen LogP) is 1.50. The quantitative estimate of drug-likeness (QED) is 0.644. The number of aromatic nitrogens is 3. The molecule has 1 heterocycles. The van der Waals surface area contributed by atoms with Crippen LogP contribution in [0.2, 0.25) is 0 Å². The Labute approximate surface area is 119 Å². The fourth-order valence-electron chi connectivity index (χ4n) is 1.56. The molecule has 1 aromatic carbocycles. The van der Waals surface area contributed by atoms with Crippen LogP contribution in [0.5, 0.6) is 0 Å². The van der Waals surface area contributed by atoms with Crippen LogP contribution in [0.3, 0.4) is 0 Å². The molecule has 20 heavy (non-hydrogen) atoms. The lowest BCUT2D eigenvalue weighted by Crippen LogP contribution is -2.12. The highest BCUT2D eigenvalue weighted by Gasteiger charge is 2.05. The minimum Gasteiger partial charge on any atom is -0.478 e. The number of aliphatic carboxylic acids is 1. The second-order valence-electron chi connectivity index (χ2n) is 4.08. The van der Waals surface area contributed by atoms with E-state index < -0.39 is 5.97 Å². The molecule has 0 radical (unpaired) electrons. The third-order valence-electron chi connectivity index (χ3n) is 2.58. The Balaban J connectivity index is 2.06. The molecule has 0 atom stereocenters. The zero-order chi connectivity index (χ0) is 14.5. The van der Waals surface area contributed by atoms with Crippen LogP contribution in [0.4, 0.5) is 0 Å². The number of thioether (sulfide) groups is 1. The van der Waals surface area contributed by atoms with Gasteiger partial charge in [0, 0.05) is 18.9 Å². The largest absolute Gasteiger partial charge is 0.478 e. The summed E-state index contributed by atoms with van der Waals surface area (Å²) in [6.45, 7) is 0. The normalized spacial score (nSPS) is 11.1. The van der Waals surface area contributed by atoms with Gasteiger partial charge in [0.25, 0.3) is 0 Å². The predicted molar refractivity (Wildman–Crippen MR) is 76.5 cm³/mol. The lowest BCUT2D eigenvalue weighted by atomic mass is 10.1. The second-order valence-corrected chi connectivity index (χ2v) is 5.02. The summed E-state index contributed by atoms with van der Waals surface area (Å²) in [7, 11) is 1.65. The molecule has 2 rings (SSSR count). The summed E-state index contributed by atoms with van der Waals surface area (Å²) in [6, 6.07) is 7.53. The molecule has 0 unspecified atom stereocenters. The Kier molecular flexibility index (Phi) is 4.41. The molecule has 7 heteroatoms. The molecule has 2 aromatic rings. The number of hydrogen-bond acceptors (Lipinski definition) is 4. The van der Waals surface area contributed by atoms with Gasteiger partial charge in [-0.15, -0.1) is 5.10 Å². The summed E-state index contributed by atoms with van der Waals surface area (Å²) in [6.07, 6.45) is 2.64. The fourth-order valence-corrected chi connectivity index (χ4v) is 2.43. The van der Waals surface area contributed by atoms with Crippen LogP contribution in [0.25, 0.3) is 6.08 Å². The smallest absolute Gasteiger partial charge is 0.343 e. The minimum atomic E-state index is -0.976. The molecular formula is C13H13N3O3S. The van der Waals surface area contributed by atoms with Crippen LogP contribution in [-0.4, -0.2) is 25.8 Å². The van der Waals surface area contributed by atoms with Crippen molar-refractivity contribution in [1.82, 2.24) is 14.8 Å². The number of nitrogens with one attached hydrogen (secondary N) is 1. The summed E-state index contributed by atoms with van der Waals surface area (Å²) in [5, 5.41) is 15.5. The van der Waals surface area contributed by atoms with Crippen LogP contribution >= 0.6 is 11.8 Å². The first-order chi connectivity index (χ1) is 9.56. The third kappa shape index (κ3) is 3.61. The minimum absolute atomic E-state index is 0.245. The molecule has 0 fully saturated rings. The summed E-state index contributed by atoms with van der Waals surface area (Å²) in [5.41, 5.74) is 1.60. The molecule has 0 amide bonds. The van der Waals surface area contributed by atoms with Crippen molar-refractivity contribution in [1.29, 1.82) is 0 Å². The highest BCUT2D eigenvalue weighted by Crippen LogP contribution is 2.20. The first kappa shape index (κ1) is 14.1. The highest BCUT2D eigenvalue weighted by atomic mass is 32.2. The maximum Gasteiger partial charge on any atom is 0.343 e. The van der Waals surface area contributed by atoms with Gasteiger partial charge in [-0.1, -0.05) is 36.0 Å². The van der Waals surface area contributed by atoms with Crippen LogP contribution in [-0.2, 0) is 17.6 Å². The van der Waals surface area contributed by atoms with Crippen LogP contribution in [0.1, 0.15) is 11.1 Å². The number of benzene rings is 1. The first-order valence-corrected chi connectivity index (χ1v) is 6.79. The number of carboxylic acids is 1. The maximum absolute atomic E-state index is 11.2. The Morgan fingerprint density at radius 2 is 2.35 bits per heavy atom. The van der Waals surface area contributed by atoms with Crippen molar-refractivity contribution in [3.05, 3.63) is 52.0 Å². The van der Waals surface area contributed by atoms with Gasteiger partial charge in [0.15, 0.2) is 5.16 Å². The van der Waals surface area contributed by atoms with E-state index in [1.165, 1.54) is 16.3 Å². The molecule has 0 saturated heterocycles. The number of rotatable bonds is 5. The molecule has 0 bridgehead atoms. The average molecular weight is 291 g/mol. The van der Waals surface area contributed by atoms with Gasteiger partial charge in [0.1, 0.15) is 0 Å². The van der Waals surface area contributed by atoms with Gasteiger partial charge in [-0.25, -0.2) is 14.7 Å². The molecule has 2 N–H and O–H groups in total. The third-order valence-corrected chi connectivity index (χ3v) is 3.68. The van der Waals surface area contributed by atoms with Crippen LogP contribution in [0.15, 0.2) is 40.3 Å². The Morgan fingerprint density at radius 1 is 1.55 bits per heavy atom. The van der Waals surface area contributed by atoms with Crippen molar-refractivity contribution in [2.24, 2.45) is 7.05 Å². The Bertz CT molecular complexity index is 703. The number of H-pyrrole nitrogens is 1. The monoisotopic (exact) mass is 291 g/mol. The average Bonchev–Trinajstić information content (AvgIpc) is 2.75. The Hall–Kier alpha value is -2.28. The van der Waals surface area contributed by atoms with E-state index in [-0.39, 0.29) is 5.69 Å². The van der Waals surface area contributed by atoms with Crippen LogP contribution in [0, 0.1) is 0 Å². The van der Waals surface area contributed by atoms with E-state index in [9.17, 15) is 9.59 Å². The zero-order valence-corrected chi connectivity index (χ0v) is 11.6. The van der Waals surface area contributed by atoms with Crippen molar-refractivity contribution in [2.75, 3.05) is 0 Å². The molecule has 0 saturated carbocycles. The number of carboxylic acid groups (broad SMARTS) is 1. The van der Waals surface area contributed by atoms with E-state index in [2.05, 4.69) is 10.2 Å². The fraction of sp³-hybridized carbons (Fsp3) is 0.154. The van der Waals surface area contributed by atoms with E-state index in [1.54, 1.807) is 13.1 Å². The topological polar surface area (TPSA) is 88.0 Å². The van der Waals surface area contributed by atoms with Crippen molar-refractivity contribution in [3.63, 3.8) is 0 Å². The van der Waals surface area contributed by atoms with E-state index in [0.29, 0.717) is 10.9 Å². The molecule has 104 valence electrons. The number of aromatic amines is 1. The van der Waals surface area contributed by atoms with E-state index in [1.807, 2.05) is 24.3 Å². The molecular weight excluding hydrogens is 278 g/mol. The van der Waals surface area contributed by atoms with Crippen molar-refractivity contribution >= 4 is 23.8 Å². The summed E-state index contributed by atoms with van der Waals surface area (Å²) in [5.74, 6) is -0.330. The molecule has 1 aromatic heterocycles. The Morgan fingerprint density at radius 3 is 3.00 bits per heavy atom. The number of hydrogen-bond donors (Lipinski definition) is 2. The molecule has 0 aliphatic rings.